The second kappa shape index (κ2) is 5.71. The largest absolute Gasteiger partial charge is 0.332 e. The first-order valence-electron chi connectivity index (χ1n) is 5.34. The molecule has 6 heteroatoms. The number of nitrogens with one attached hydrogen (secondary N) is 2. The number of anilines is 2. The molecule has 0 saturated heterocycles. The Balaban J connectivity index is 2.10. The molecular formula is C13H9F3N2S. The van der Waals surface area contributed by atoms with Gasteiger partial charge in [-0.15, -0.1) is 0 Å². The second-order valence-electron chi connectivity index (χ2n) is 3.67. The average molecular weight is 282 g/mol. The van der Waals surface area contributed by atoms with E-state index in [1.807, 2.05) is 6.07 Å². The van der Waals surface area contributed by atoms with Gasteiger partial charge in [-0.1, -0.05) is 18.2 Å². The highest BCUT2D eigenvalue weighted by atomic mass is 32.1. The van der Waals surface area contributed by atoms with E-state index in [-0.39, 0.29) is 10.8 Å². The molecule has 0 aliphatic heterocycles. The number of halogens is 3. The van der Waals surface area contributed by atoms with Crippen molar-refractivity contribution in [2.75, 3.05) is 10.6 Å². The Morgan fingerprint density at radius 2 is 1.53 bits per heavy atom. The van der Waals surface area contributed by atoms with E-state index in [4.69, 9.17) is 12.2 Å². The fourth-order valence-corrected chi connectivity index (χ4v) is 1.66. The zero-order valence-electron chi connectivity index (χ0n) is 9.58. The van der Waals surface area contributed by atoms with Crippen LogP contribution in [-0.4, -0.2) is 5.11 Å². The molecule has 2 aromatic carbocycles. The first kappa shape index (κ1) is 13.4. The predicted molar refractivity (Wildman–Crippen MR) is 72.6 cm³/mol. The summed E-state index contributed by atoms with van der Waals surface area (Å²) in [6.07, 6.45) is 0. The summed E-state index contributed by atoms with van der Waals surface area (Å²) in [6.45, 7) is 0. The van der Waals surface area contributed by atoms with E-state index in [9.17, 15) is 13.2 Å². The fourth-order valence-electron chi connectivity index (χ4n) is 1.43. The Bertz CT molecular complexity index is 602. The van der Waals surface area contributed by atoms with Gasteiger partial charge in [0.1, 0.15) is 0 Å². The van der Waals surface area contributed by atoms with Crippen LogP contribution in [-0.2, 0) is 0 Å². The molecule has 2 rings (SSSR count). The van der Waals surface area contributed by atoms with E-state index < -0.39 is 17.5 Å². The van der Waals surface area contributed by atoms with Crippen LogP contribution in [0, 0.1) is 17.5 Å². The lowest BCUT2D eigenvalue weighted by atomic mass is 10.3. The highest BCUT2D eigenvalue weighted by molar-refractivity contribution is 7.80. The third-order valence-corrected chi connectivity index (χ3v) is 2.52. The van der Waals surface area contributed by atoms with Gasteiger partial charge in [-0.25, -0.2) is 13.2 Å². The molecule has 0 aromatic heterocycles. The zero-order chi connectivity index (χ0) is 13.8. The second-order valence-corrected chi connectivity index (χ2v) is 4.08. The van der Waals surface area contributed by atoms with Crippen LogP contribution in [0.2, 0.25) is 0 Å². The third-order valence-electron chi connectivity index (χ3n) is 2.32. The fraction of sp³-hybridized carbons (Fsp3) is 0. The molecule has 0 aliphatic rings. The van der Waals surface area contributed by atoms with Crippen molar-refractivity contribution < 1.29 is 13.2 Å². The van der Waals surface area contributed by atoms with Gasteiger partial charge in [0, 0.05) is 5.69 Å². The minimum Gasteiger partial charge on any atom is -0.332 e. The molecule has 0 fully saturated rings. The van der Waals surface area contributed by atoms with E-state index in [0.717, 1.165) is 12.1 Å². The van der Waals surface area contributed by atoms with Crippen LogP contribution in [0.4, 0.5) is 24.5 Å². The summed E-state index contributed by atoms with van der Waals surface area (Å²) in [5.74, 6) is -4.09. The van der Waals surface area contributed by atoms with E-state index in [0.29, 0.717) is 5.69 Å². The van der Waals surface area contributed by atoms with Crippen molar-refractivity contribution in [2.45, 2.75) is 0 Å². The number of thiocarbonyl (C=S) groups is 1. The minimum absolute atomic E-state index is 0.0797. The molecule has 0 heterocycles. The van der Waals surface area contributed by atoms with Crippen molar-refractivity contribution in [3.05, 3.63) is 59.9 Å². The van der Waals surface area contributed by atoms with Crippen molar-refractivity contribution in [3.63, 3.8) is 0 Å². The monoisotopic (exact) mass is 282 g/mol. The van der Waals surface area contributed by atoms with Gasteiger partial charge in [0.2, 0.25) is 0 Å². The van der Waals surface area contributed by atoms with Crippen LogP contribution in [0.5, 0.6) is 0 Å². The summed E-state index contributed by atoms with van der Waals surface area (Å²) < 4.78 is 39.2. The highest BCUT2D eigenvalue weighted by Crippen LogP contribution is 2.19. The number of hydrogen-bond acceptors (Lipinski definition) is 1. The lowest BCUT2D eigenvalue weighted by Crippen LogP contribution is -2.20. The standard InChI is InChI=1S/C13H9F3N2S/c14-9-6-7-10(12(16)11(9)15)18-13(19)17-8-4-2-1-3-5-8/h1-7H,(H2,17,18,19). The smallest absolute Gasteiger partial charge is 0.196 e. The van der Waals surface area contributed by atoms with Crippen molar-refractivity contribution in [2.24, 2.45) is 0 Å². The molecule has 0 spiro atoms. The van der Waals surface area contributed by atoms with Gasteiger partial charge in [0.05, 0.1) is 5.69 Å². The van der Waals surface area contributed by atoms with Gasteiger partial charge in [-0.2, -0.15) is 0 Å². The summed E-state index contributed by atoms with van der Waals surface area (Å²) in [5, 5.41) is 5.33. The van der Waals surface area contributed by atoms with Crippen molar-refractivity contribution >= 4 is 28.7 Å². The SMILES string of the molecule is Fc1ccc(NC(=S)Nc2ccccc2)c(F)c1F. The Kier molecular flexibility index (Phi) is 4.01. The Morgan fingerprint density at radius 3 is 2.21 bits per heavy atom. The molecule has 0 saturated carbocycles. The molecule has 0 bridgehead atoms. The van der Waals surface area contributed by atoms with Crippen LogP contribution in [0.15, 0.2) is 42.5 Å². The lowest BCUT2D eigenvalue weighted by molar-refractivity contribution is 0.449. The minimum atomic E-state index is -1.53. The molecule has 0 atom stereocenters. The maximum absolute atomic E-state index is 13.4. The molecule has 2 N–H and O–H groups in total. The number of benzene rings is 2. The molecular weight excluding hydrogens is 273 g/mol. The number of rotatable bonds is 2. The topological polar surface area (TPSA) is 24.1 Å². The first-order chi connectivity index (χ1) is 9.08. The molecule has 0 radical (unpaired) electrons. The highest BCUT2D eigenvalue weighted by Gasteiger charge is 2.13. The summed E-state index contributed by atoms with van der Waals surface area (Å²) >= 11 is 4.95. The molecule has 0 aliphatic carbocycles. The van der Waals surface area contributed by atoms with Gasteiger partial charge in [-0.05, 0) is 36.5 Å². The summed E-state index contributed by atoms with van der Waals surface area (Å²) in [6, 6.07) is 10.8. The maximum Gasteiger partial charge on any atom is 0.196 e. The number of hydrogen-bond donors (Lipinski definition) is 2. The third kappa shape index (κ3) is 3.23. The van der Waals surface area contributed by atoms with E-state index in [1.165, 1.54) is 0 Å². The van der Waals surface area contributed by atoms with Gasteiger partial charge >= 0.3 is 0 Å². The average Bonchev–Trinajstić information content (AvgIpc) is 2.41. The normalized spacial score (nSPS) is 10.1. The Labute approximate surface area is 113 Å². The van der Waals surface area contributed by atoms with Crippen LogP contribution in [0.25, 0.3) is 0 Å². The van der Waals surface area contributed by atoms with Crippen LogP contribution >= 0.6 is 12.2 Å². The Morgan fingerprint density at radius 1 is 0.842 bits per heavy atom. The van der Waals surface area contributed by atoms with E-state index >= 15 is 0 Å². The molecule has 19 heavy (non-hydrogen) atoms. The van der Waals surface area contributed by atoms with Crippen LogP contribution in [0.1, 0.15) is 0 Å². The van der Waals surface area contributed by atoms with E-state index in [2.05, 4.69) is 10.6 Å². The van der Waals surface area contributed by atoms with E-state index in [1.54, 1.807) is 24.3 Å². The molecule has 0 unspecified atom stereocenters. The van der Waals surface area contributed by atoms with Gasteiger partial charge in [0.25, 0.3) is 0 Å². The Hall–Kier alpha value is -2.08. The van der Waals surface area contributed by atoms with Gasteiger partial charge < -0.3 is 10.6 Å². The quantitative estimate of drug-likeness (QED) is 0.645. The van der Waals surface area contributed by atoms with Crippen LogP contribution in [0.3, 0.4) is 0 Å². The van der Waals surface area contributed by atoms with Crippen molar-refractivity contribution in [3.8, 4) is 0 Å². The number of para-hydroxylation sites is 1. The van der Waals surface area contributed by atoms with Gasteiger partial charge in [0.15, 0.2) is 22.6 Å². The lowest BCUT2D eigenvalue weighted by Gasteiger charge is -2.11. The molecule has 98 valence electrons. The molecule has 2 aromatic rings. The summed E-state index contributed by atoms with van der Waals surface area (Å²) in [7, 11) is 0. The molecule has 0 amide bonds. The van der Waals surface area contributed by atoms with Gasteiger partial charge in [-0.3, -0.25) is 0 Å². The maximum atomic E-state index is 13.4. The van der Waals surface area contributed by atoms with Crippen molar-refractivity contribution in [1.29, 1.82) is 0 Å². The predicted octanol–water partition coefficient (Wildman–Crippen LogP) is 3.91. The van der Waals surface area contributed by atoms with Crippen LogP contribution < -0.4 is 10.6 Å². The summed E-state index contributed by atoms with van der Waals surface area (Å²) in [4.78, 5) is 0. The molecule has 2 nitrogen and oxygen atoms in total. The zero-order valence-corrected chi connectivity index (χ0v) is 10.4. The first-order valence-corrected chi connectivity index (χ1v) is 5.75. The van der Waals surface area contributed by atoms with Crippen molar-refractivity contribution in [1.82, 2.24) is 0 Å². The summed E-state index contributed by atoms with van der Waals surface area (Å²) in [5.41, 5.74) is 0.468.